The summed E-state index contributed by atoms with van der Waals surface area (Å²) in [5.41, 5.74) is 0.000000000000000222. The SMILES string of the molecule is CN[C@](C)(CO)C1CC1. The zero-order valence-electron chi connectivity index (χ0n) is 6.15. The van der Waals surface area contributed by atoms with Gasteiger partial charge in [-0.05, 0) is 32.7 Å². The first kappa shape index (κ1) is 7.03. The van der Waals surface area contributed by atoms with Gasteiger partial charge in [0.2, 0.25) is 0 Å². The van der Waals surface area contributed by atoms with Crippen molar-refractivity contribution in [2.24, 2.45) is 5.92 Å². The average molecular weight is 129 g/mol. The summed E-state index contributed by atoms with van der Waals surface area (Å²) in [5.74, 6) is 0.715. The van der Waals surface area contributed by atoms with Crippen molar-refractivity contribution in [2.45, 2.75) is 25.3 Å². The molecule has 1 atom stereocenters. The fourth-order valence-electron chi connectivity index (χ4n) is 1.13. The fraction of sp³-hybridized carbons (Fsp3) is 1.00. The van der Waals surface area contributed by atoms with E-state index in [-0.39, 0.29) is 12.1 Å². The molecule has 0 amide bonds. The second-order valence-electron chi connectivity index (χ2n) is 3.10. The van der Waals surface area contributed by atoms with E-state index in [1.807, 2.05) is 7.05 Å². The molecule has 1 saturated carbocycles. The Morgan fingerprint density at radius 3 is 2.33 bits per heavy atom. The van der Waals surface area contributed by atoms with Crippen LogP contribution in [0.15, 0.2) is 0 Å². The van der Waals surface area contributed by atoms with Gasteiger partial charge < -0.3 is 10.4 Å². The van der Waals surface area contributed by atoms with E-state index >= 15 is 0 Å². The molecule has 0 aromatic rings. The smallest absolute Gasteiger partial charge is 0.0613 e. The topological polar surface area (TPSA) is 32.3 Å². The van der Waals surface area contributed by atoms with Crippen LogP contribution >= 0.6 is 0 Å². The summed E-state index contributed by atoms with van der Waals surface area (Å²) in [5, 5.41) is 12.1. The summed E-state index contributed by atoms with van der Waals surface area (Å²) in [6, 6.07) is 0. The van der Waals surface area contributed by atoms with Crippen molar-refractivity contribution in [1.82, 2.24) is 5.32 Å². The second-order valence-corrected chi connectivity index (χ2v) is 3.10. The van der Waals surface area contributed by atoms with Crippen molar-refractivity contribution in [1.29, 1.82) is 0 Å². The number of hydrogen-bond acceptors (Lipinski definition) is 2. The van der Waals surface area contributed by atoms with E-state index in [1.165, 1.54) is 12.8 Å². The van der Waals surface area contributed by atoms with Gasteiger partial charge in [0.05, 0.1) is 6.61 Å². The normalized spacial score (nSPS) is 25.7. The molecule has 1 aliphatic carbocycles. The molecule has 0 aromatic carbocycles. The van der Waals surface area contributed by atoms with Gasteiger partial charge in [-0.15, -0.1) is 0 Å². The Bertz CT molecular complexity index is 95.1. The van der Waals surface area contributed by atoms with E-state index in [0.717, 1.165) is 0 Å². The molecular formula is C7H15NO. The quantitative estimate of drug-likeness (QED) is 0.577. The fourth-order valence-corrected chi connectivity index (χ4v) is 1.13. The van der Waals surface area contributed by atoms with Gasteiger partial charge >= 0.3 is 0 Å². The van der Waals surface area contributed by atoms with Crippen LogP contribution in [0.5, 0.6) is 0 Å². The summed E-state index contributed by atoms with van der Waals surface area (Å²) >= 11 is 0. The van der Waals surface area contributed by atoms with Crippen molar-refractivity contribution in [3.8, 4) is 0 Å². The zero-order valence-corrected chi connectivity index (χ0v) is 6.15. The van der Waals surface area contributed by atoms with Crippen LogP contribution in [0.3, 0.4) is 0 Å². The van der Waals surface area contributed by atoms with Crippen LogP contribution in [0.4, 0.5) is 0 Å². The van der Waals surface area contributed by atoms with E-state index in [0.29, 0.717) is 5.92 Å². The molecule has 9 heavy (non-hydrogen) atoms. The highest BCUT2D eigenvalue weighted by Crippen LogP contribution is 2.38. The first-order valence-electron chi connectivity index (χ1n) is 3.52. The van der Waals surface area contributed by atoms with Crippen LogP contribution < -0.4 is 5.32 Å². The molecule has 0 heterocycles. The van der Waals surface area contributed by atoms with Gasteiger partial charge in [-0.1, -0.05) is 0 Å². The average Bonchev–Trinajstić information content (AvgIpc) is 2.68. The molecule has 2 nitrogen and oxygen atoms in total. The van der Waals surface area contributed by atoms with E-state index < -0.39 is 0 Å². The van der Waals surface area contributed by atoms with Gasteiger partial charge in [0.25, 0.3) is 0 Å². The van der Waals surface area contributed by atoms with Crippen molar-refractivity contribution < 1.29 is 5.11 Å². The van der Waals surface area contributed by atoms with Crippen LogP contribution in [0, 0.1) is 5.92 Å². The number of rotatable bonds is 3. The summed E-state index contributed by atoms with van der Waals surface area (Å²) in [4.78, 5) is 0. The van der Waals surface area contributed by atoms with Crippen molar-refractivity contribution in [2.75, 3.05) is 13.7 Å². The van der Waals surface area contributed by atoms with Crippen LogP contribution in [0.25, 0.3) is 0 Å². The molecule has 0 spiro atoms. The van der Waals surface area contributed by atoms with E-state index in [9.17, 15) is 0 Å². The van der Waals surface area contributed by atoms with Gasteiger partial charge in [-0.3, -0.25) is 0 Å². The Kier molecular flexibility index (Phi) is 1.78. The maximum absolute atomic E-state index is 8.93. The first-order valence-corrected chi connectivity index (χ1v) is 3.52. The van der Waals surface area contributed by atoms with Gasteiger partial charge in [0, 0.05) is 5.54 Å². The molecular weight excluding hydrogens is 114 g/mol. The Hall–Kier alpha value is -0.0800. The predicted octanol–water partition coefficient (Wildman–Crippen LogP) is 0.367. The third kappa shape index (κ3) is 1.25. The van der Waals surface area contributed by atoms with Crippen molar-refractivity contribution in [3.05, 3.63) is 0 Å². The van der Waals surface area contributed by atoms with Crippen LogP contribution in [-0.2, 0) is 0 Å². The molecule has 1 fully saturated rings. The van der Waals surface area contributed by atoms with Crippen LogP contribution in [0.2, 0.25) is 0 Å². The van der Waals surface area contributed by atoms with E-state index in [2.05, 4.69) is 12.2 Å². The maximum Gasteiger partial charge on any atom is 0.0613 e. The Labute approximate surface area is 56.3 Å². The standard InChI is InChI=1S/C7H15NO/c1-7(5-9,8-2)6-3-4-6/h6,8-9H,3-5H2,1-2H3/t7-/m1/s1. The van der Waals surface area contributed by atoms with Gasteiger partial charge in [0.1, 0.15) is 0 Å². The van der Waals surface area contributed by atoms with Gasteiger partial charge in [-0.25, -0.2) is 0 Å². The number of aliphatic hydroxyl groups is 1. The zero-order chi connectivity index (χ0) is 6.91. The Balaban J connectivity index is 2.43. The molecule has 54 valence electrons. The molecule has 0 radical (unpaired) electrons. The summed E-state index contributed by atoms with van der Waals surface area (Å²) in [7, 11) is 1.91. The molecule has 0 unspecified atom stereocenters. The molecule has 0 saturated heterocycles. The molecule has 1 aliphatic rings. The van der Waals surface area contributed by atoms with Crippen molar-refractivity contribution in [3.63, 3.8) is 0 Å². The monoisotopic (exact) mass is 129 g/mol. The van der Waals surface area contributed by atoms with Gasteiger partial charge in [0.15, 0.2) is 0 Å². The van der Waals surface area contributed by atoms with Gasteiger partial charge in [-0.2, -0.15) is 0 Å². The van der Waals surface area contributed by atoms with Crippen molar-refractivity contribution >= 4 is 0 Å². The second kappa shape index (κ2) is 2.27. The lowest BCUT2D eigenvalue weighted by atomic mass is 9.98. The number of likely N-dealkylation sites (N-methyl/N-ethyl adjacent to an activating group) is 1. The third-order valence-corrected chi connectivity index (χ3v) is 2.38. The maximum atomic E-state index is 8.93. The lowest BCUT2D eigenvalue weighted by Gasteiger charge is -2.26. The minimum Gasteiger partial charge on any atom is -0.394 e. The highest BCUT2D eigenvalue weighted by molar-refractivity contribution is 4.96. The number of nitrogens with one attached hydrogen (secondary N) is 1. The highest BCUT2D eigenvalue weighted by atomic mass is 16.3. The minimum atomic E-state index is 0.000000000000000222. The number of aliphatic hydroxyl groups excluding tert-OH is 1. The lowest BCUT2D eigenvalue weighted by molar-refractivity contribution is 0.163. The molecule has 0 bridgehead atoms. The highest BCUT2D eigenvalue weighted by Gasteiger charge is 2.39. The Morgan fingerprint density at radius 1 is 1.67 bits per heavy atom. The van der Waals surface area contributed by atoms with E-state index in [1.54, 1.807) is 0 Å². The first-order chi connectivity index (χ1) is 4.23. The number of hydrogen-bond donors (Lipinski definition) is 2. The minimum absolute atomic E-state index is 0.000000000000000222. The predicted molar refractivity (Wildman–Crippen MR) is 37.3 cm³/mol. The molecule has 2 heteroatoms. The Morgan fingerprint density at radius 2 is 2.22 bits per heavy atom. The summed E-state index contributed by atoms with van der Waals surface area (Å²) in [6.07, 6.45) is 2.55. The summed E-state index contributed by atoms with van der Waals surface area (Å²) < 4.78 is 0. The summed E-state index contributed by atoms with van der Waals surface area (Å²) in [6.45, 7) is 2.33. The van der Waals surface area contributed by atoms with E-state index in [4.69, 9.17) is 5.11 Å². The molecule has 0 aromatic heterocycles. The molecule has 0 aliphatic heterocycles. The van der Waals surface area contributed by atoms with Crippen LogP contribution in [0.1, 0.15) is 19.8 Å². The van der Waals surface area contributed by atoms with Crippen LogP contribution in [-0.4, -0.2) is 24.3 Å². The largest absolute Gasteiger partial charge is 0.394 e. The molecule has 2 N–H and O–H groups in total. The molecule has 1 rings (SSSR count). The lowest BCUT2D eigenvalue weighted by Crippen LogP contribution is -2.45. The third-order valence-electron chi connectivity index (χ3n) is 2.38.